The molecule has 128 valence electrons. The van der Waals surface area contributed by atoms with Crippen LogP contribution in [0.4, 0.5) is 0 Å². The number of benzene rings is 1. The summed E-state index contributed by atoms with van der Waals surface area (Å²) in [5, 5.41) is 1.04. The third-order valence-electron chi connectivity index (χ3n) is 6.07. The Morgan fingerprint density at radius 2 is 1.74 bits per heavy atom. The molecular formula is C18H32NO2Si2+. The Kier molecular flexibility index (Phi) is 4.70. The van der Waals surface area contributed by atoms with Gasteiger partial charge in [0.15, 0.2) is 8.07 Å². The summed E-state index contributed by atoms with van der Waals surface area (Å²) < 4.78 is 6.38. The van der Waals surface area contributed by atoms with Gasteiger partial charge < -0.3 is 8.89 Å². The summed E-state index contributed by atoms with van der Waals surface area (Å²) in [6, 6.07) is 10.7. The Morgan fingerprint density at radius 3 is 2.17 bits per heavy atom. The number of esters is 1. The Bertz CT molecular complexity index is 582. The summed E-state index contributed by atoms with van der Waals surface area (Å²) in [6.07, 6.45) is 1.11. The molecule has 2 atom stereocenters. The van der Waals surface area contributed by atoms with Gasteiger partial charge in [-0.2, -0.15) is 0 Å². The average molecular weight is 351 g/mol. The van der Waals surface area contributed by atoms with Crippen molar-refractivity contribution in [3.05, 3.63) is 30.3 Å². The number of quaternary nitrogens is 1. The van der Waals surface area contributed by atoms with Crippen LogP contribution in [0.25, 0.3) is 0 Å². The molecule has 0 spiro atoms. The van der Waals surface area contributed by atoms with Gasteiger partial charge in [-0.1, -0.05) is 55.5 Å². The van der Waals surface area contributed by atoms with E-state index < -0.39 is 16.3 Å². The molecule has 0 bridgehead atoms. The van der Waals surface area contributed by atoms with E-state index in [-0.39, 0.29) is 11.1 Å². The highest BCUT2D eigenvalue weighted by atomic mass is 28.3. The third kappa shape index (κ3) is 2.44. The predicted octanol–water partition coefficient (Wildman–Crippen LogP) is 3.13. The predicted molar refractivity (Wildman–Crippen MR) is 102 cm³/mol. The SMILES string of the molecule is CCC[N+]1([Si](C)(C)C)CC1(C(=O)OC)[Si](C)(C)c1ccccc1. The highest BCUT2D eigenvalue weighted by Gasteiger charge is 2.84. The molecule has 1 aromatic rings. The van der Waals surface area contributed by atoms with Gasteiger partial charge in [-0.15, -0.1) is 0 Å². The lowest BCUT2D eigenvalue weighted by atomic mass is 10.4. The third-order valence-corrected chi connectivity index (χ3v) is 14.3. The number of carbonyl (C=O) groups is 1. The molecule has 23 heavy (non-hydrogen) atoms. The van der Waals surface area contributed by atoms with E-state index >= 15 is 0 Å². The minimum atomic E-state index is -2.03. The minimum absolute atomic E-state index is 0.0221. The summed E-state index contributed by atoms with van der Waals surface area (Å²) in [5.74, 6) is 0.0221. The molecule has 1 saturated heterocycles. The zero-order valence-corrected chi connectivity index (χ0v) is 17.8. The van der Waals surface area contributed by atoms with Crippen molar-refractivity contribution in [3.63, 3.8) is 0 Å². The highest BCUT2D eigenvalue weighted by Crippen LogP contribution is 2.54. The maximum atomic E-state index is 13.1. The first-order valence-corrected chi connectivity index (χ1v) is 15.1. The summed E-state index contributed by atoms with van der Waals surface area (Å²) in [7, 11) is -2.05. The van der Waals surface area contributed by atoms with Crippen LogP contribution in [0.5, 0.6) is 0 Å². The Hall–Kier alpha value is -0.916. The fraction of sp³-hybridized carbons (Fsp3) is 0.611. The van der Waals surface area contributed by atoms with Gasteiger partial charge in [0.25, 0.3) is 8.24 Å². The number of nitrogens with zero attached hydrogens (tertiary/aromatic N) is 1. The molecule has 3 nitrogen and oxygen atoms in total. The zero-order valence-electron chi connectivity index (χ0n) is 15.8. The lowest BCUT2D eigenvalue weighted by molar-refractivity contribution is -0.711. The van der Waals surface area contributed by atoms with Gasteiger partial charge in [-0.05, 0) is 26.1 Å². The van der Waals surface area contributed by atoms with Crippen LogP contribution in [-0.4, -0.2) is 51.8 Å². The van der Waals surface area contributed by atoms with Crippen LogP contribution in [0, 0.1) is 0 Å². The monoisotopic (exact) mass is 350 g/mol. The van der Waals surface area contributed by atoms with Crippen LogP contribution in [0.2, 0.25) is 32.7 Å². The summed E-state index contributed by atoms with van der Waals surface area (Å²) in [4.78, 5) is 13.1. The zero-order chi connectivity index (χ0) is 17.5. The number of hydrogen-bond acceptors (Lipinski definition) is 2. The molecule has 0 aromatic heterocycles. The van der Waals surface area contributed by atoms with Gasteiger partial charge in [0.2, 0.25) is 5.16 Å². The van der Waals surface area contributed by atoms with Gasteiger partial charge >= 0.3 is 5.97 Å². The van der Waals surface area contributed by atoms with Gasteiger partial charge in [0.1, 0.15) is 6.54 Å². The smallest absolute Gasteiger partial charge is 0.367 e. The summed E-state index contributed by atoms with van der Waals surface area (Å²) in [5.41, 5.74) is 0. The molecule has 0 amide bonds. The van der Waals surface area contributed by atoms with Gasteiger partial charge in [-0.3, -0.25) is 0 Å². The summed E-state index contributed by atoms with van der Waals surface area (Å²) in [6.45, 7) is 16.2. The van der Waals surface area contributed by atoms with E-state index in [2.05, 4.69) is 70.0 Å². The van der Waals surface area contributed by atoms with Crippen molar-refractivity contribution < 1.29 is 13.7 Å². The molecule has 1 heterocycles. The first kappa shape index (κ1) is 18.4. The molecule has 2 unspecified atom stereocenters. The van der Waals surface area contributed by atoms with Crippen molar-refractivity contribution >= 4 is 27.5 Å². The molecule has 1 fully saturated rings. The van der Waals surface area contributed by atoms with Crippen molar-refractivity contribution in [2.45, 2.75) is 51.2 Å². The molecule has 1 aromatic carbocycles. The standard InChI is InChI=1S/C18H32NO2Si2/c1-8-14-19(22(3,4)5)15-18(19,17(20)21-2)23(6,7)16-12-10-9-11-13-16/h9-13H,8,14-15H2,1-7H3/q+1. The van der Waals surface area contributed by atoms with E-state index in [9.17, 15) is 4.79 Å². The lowest BCUT2D eigenvalue weighted by Crippen LogP contribution is -2.69. The number of ether oxygens (including phenoxy) is 1. The number of hydrogen-bond donors (Lipinski definition) is 0. The largest absolute Gasteiger partial charge is 0.465 e. The second kappa shape index (κ2) is 5.86. The van der Waals surface area contributed by atoms with Gasteiger partial charge in [-0.25, -0.2) is 4.79 Å². The van der Waals surface area contributed by atoms with E-state index in [4.69, 9.17) is 4.74 Å². The molecule has 0 N–H and O–H groups in total. The maximum absolute atomic E-state index is 13.1. The molecule has 0 aliphatic carbocycles. The van der Waals surface area contributed by atoms with Crippen molar-refractivity contribution in [2.24, 2.45) is 0 Å². The summed E-state index contributed by atoms with van der Waals surface area (Å²) >= 11 is 0. The van der Waals surface area contributed by atoms with Crippen LogP contribution in [0.1, 0.15) is 13.3 Å². The van der Waals surface area contributed by atoms with Crippen molar-refractivity contribution in [2.75, 3.05) is 20.2 Å². The van der Waals surface area contributed by atoms with Crippen molar-refractivity contribution in [3.8, 4) is 0 Å². The first-order valence-electron chi connectivity index (χ1n) is 8.62. The van der Waals surface area contributed by atoms with Crippen molar-refractivity contribution in [1.29, 1.82) is 0 Å². The number of methoxy groups -OCH3 is 1. The van der Waals surface area contributed by atoms with Gasteiger partial charge in [0.05, 0.1) is 13.7 Å². The van der Waals surface area contributed by atoms with E-state index in [0.29, 0.717) is 0 Å². The van der Waals surface area contributed by atoms with Crippen LogP contribution >= 0.6 is 0 Å². The second-order valence-electron chi connectivity index (χ2n) is 8.36. The van der Waals surface area contributed by atoms with Crippen LogP contribution in [0.3, 0.4) is 0 Å². The maximum Gasteiger partial charge on any atom is 0.367 e. The second-order valence-corrected chi connectivity index (χ2v) is 18.2. The molecule has 1 aliphatic heterocycles. The highest BCUT2D eigenvalue weighted by molar-refractivity contribution is 6.96. The number of carbonyl (C=O) groups excluding carboxylic acids is 1. The fourth-order valence-corrected chi connectivity index (χ4v) is 13.4. The molecule has 0 radical (unpaired) electrons. The van der Waals surface area contributed by atoms with Gasteiger partial charge in [0, 0.05) is 0 Å². The van der Waals surface area contributed by atoms with E-state index in [1.807, 2.05) is 0 Å². The normalized spacial score (nSPS) is 27.6. The van der Waals surface area contributed by atoms with Crippen LogP contribution in [0.15, 0.2) is 30.3 Å². The van der Waals surface area contributed by atoms with Crippen LogP contribution in [-0.2, 0) is 9.53 Å². The first-order chi connectivity index (χ1) is 10.6. The van der Waals surface area contributed by atoms with E-state index in [1.54, 1.807) is 7.11 Å². The van der Waals surface area contributed by atoms with Crippen LogP contribution < -0.4 is 5.19 Å². The van der Waals surface area contributed by atoms with Crippen molar-refractivity contribution in [1.82, 2.24) is 0 Å². The lowest BCUT2D eigenvalue weighted by Gasteiger charge is -2.41. The number of rotatable bonds is 6. The average Bonchev–Trinajstić information content (AvgIpc) is 3.20. The molecular weight excluding hydrogens is 318 g/mol. The fourth-order valence-electron chi connectivity index (χ4n) is 4.64. The molecule has 5 heteroatoms. The van der Waals surface area contributed by atoms with E-state index in [0.717, 1.165) is 23.7 Å². The Morgan fingerprint density at radius 1 is 1.17 bits per heavy atom. The topological polar surface area (TPSA) is 26.3 Å². The quantitative estimate of drug-likeness (QED) is 0.448. The molecule has 0 saturated carbocycles. The molecule has 1 aliphatic rings. The Labute approximate surface area is 143 Å². The Balaban J connectivity index is 2.62. The molecule has 2 rings (SSSR count). The minimum Gasteiger partial charge on any atom is -0.465 e. The van der Waals surface area contributed by atoms with E-state index in [1.165, 1.54) is 5.19 Å².